The van der Waals surface area contributed by atoms with E-state index in [0.29, 0.717) is 0 Å². The van der Waals surface area contributed by atoms with E-state index >= 15 is 0 Å². The normalized spacial score (nSPS) is 22.5. The summed E-state index contributed by atoms with van der Waals surface area (Å²) in [6.07, 6.45) is 1.22. The zero-order valence-corrected chi connectivity index (χ0v) is 17.7. The lowest BCUT2D eigenvalue weighted by atomic mass is 10.1. The largest absolute Gasteiger partial charge is 0.381 e. The van der Waals surface area contributed by atoms with Gasteiger partial charge in [0.05, 0.1) is 13.2 Å². The van der Waals surface area contributed by atoms with Crippen LogP contribution in [0.5, 0.6) is 0 Å². The van der Waals surface area contributed by atoms with Crippen LogP contribution in [0.3, 0.4) is 0 Å². The van der Waals surface area contributed by atoms with Crippen molar-refractivity contribution in [3.8, 4) is 0 Å². The van der Waals surface area contributed by atoms with Crippen LogP contribution < -0.4 is 5.32 Å². The van der Waals surface area contributed by atoms with Gasteiger partial charge in [0.25, 0.3) is 0 Å². The summed E-state index contributed by atoms with van der Waals surface area (Å²) in [6.45, 7) is 10.1. The van der Waals surface area contributed by atoms with E-state index in [0.717, 1.165) is 68.5 Å². The van der Waals surface area contributed by atoms with Crippen LogP contribution in [0.2, 0.25) is 0 Å². The fourth-order valence-electron chi connectivity index (χ4n) is 3.21. The van der Waals surface area contributed by atoms with Crippen LogP contribution in [0, 0.1) is 12.8 Å². The second-order valence-corrected chi connectivity index (χ2v) is 7.24. The van der Waals surface area contributed by atoms with Gasteiger partial charge >= 0.3 is 0 Å². The molecule has 3 rings (SSSR count). The molecule has 0 aromatic carbocycles. The average molecular weight is 465 g/mol. The first-order valence-corrected chi connectivity index (χ1v) is 9.29. The van der Waals surface area contributed by atoms with E-state index in [1.54, 1.807) is 11.3 Å². The third-order valence-electron chi connectivity index (χ3n) is 4.49. The second-order valence-electron chi connectivity index (χ2n) is 6.30. The number of hydrogen-bond acceptors (Lipinski definition) is 5. The van der Waals surface area contributed by atoms with Crippen molar-refractivity contribution >= 4 is 41.3 Å². The van der Waals surface area contributed by atoms with E-state index in [2.05, 4.69) is 30.5 Å². The Bertz CT molecular complexity index is 524. The fraction of sp³-hybridized carbons (Fsp3) is 0.750. The maximum atomic E-state index is 5.48. The number of nitrogens with one attached hydrogen (secondary N) is 1. The molecule has 0 saturated carbocycles. The van der Waals surface area contributed by atoms with Gasteiger partial charge in [0.1, 0.15) is 5.01 Å². The summed E-state index contributed by atoms with van der Waals surface area (Å²) in [5.41, 5.74) is 1.09. The molecule has 0 bridgehead atoms. The first-order valence-electron chi connectivity index (χ1n) is 8.41. The van der Waals surface area contributed by atoms with Gasteiger partial charge in [0.15, 0.2) is 5.96 Å². The summed E-state index contributed by atoms with van der Waals surface area (Å²) < 4.78 is 5.48. The molecular weight excluding hydrogens is 437 g/mol. The van der Waals surface area contributed by atoms with Crippen molar-refractivity contribution in [1.29, 1.82) is 0 Å². The monoisotopic (exact) mass is 465 g/mol. The molecule has 24 heavy (non-hydrogen) atoms. The van der Waals surface area contributed by atoms with Gasteiger partial charge in [-0.2, -0.15) is 0 Å². The Kier molecular flexibility index (Phi) is 8.18. The van der Waals surface area contributed by atoms with Crippen molar-refractivity contribution in [2.24, 2.45) is 10.9 Å². The van der Waals surface area contributed by atoms with Crippen molar-refractivity contribution in [3.05, 3.63) is 16.1 Å². The van der Waals surface area contributed by atoms with Crippen LogP contribution >= 0.6 is 35.3 Å². The molecular formula is C16H28IN5OS. The van der Waals surface area contributed by atoms with Gasteiger partial charge < -0.3 is 15.0 Å². The number of halogens is 1. The maximum Gasteiger partial charge on any atom is 0.194 e. The third-order valence-corrected chi connectivity index (χ3v) is 5.45. The predicted molar refractivity (Wildman–Crippen MR) is 109 cm³/mol. The highest BCUT2D eigenvalue weighted by Gasteiger charge is 2.23. The van der Waals surface area contributed by atoms with Gasteiger partial charge in [0, 0.05) is 57.5 Å². The molecule has 1 aromatic rings. The Labute approximate surface area is 165 Å². The molecule has 0 spiro atoms. The van der Waals surface area contributed by atoms with Gasteiger partial charge in [-0.25, -0.2) is 4.98 Å². The highest BCUT2D eigenvalue weighted by Crippen LogP contribution is 2.15. The quantitative estimate of drug-likeness (QED) is 0.418. The van der Waals surface area contributed by atoms with Crippen LogP contribution in [0.15, 0.2) is 10.4 Å². The fourth-order valence-corrected chi connectivity index (χ4v) is 3.92. The number of piperazine rings is 1. The molecule has 0 aliphatic carbocycles. The molecule has 1 aromatic heterocycles. The lowest BCUT2D eigenvalue weighted by Gasteiger charge is -2.37. The van der Waals surface area contributed by atoms with Crippen LogP contribution in [-0.2, 0) is 11.3 Å². The number of ether oxygens (including phenoxy) is 1. The molecule has 136 valence electrons. The van der Waals surface area contributed by atoms with E-state index < -0.39 is 0 Å². The minimum atomic E-state index is 0. The van der Waals surface area contributed by atoms with Gasteiger partial charge in [-0.1, -0.05) is 0 Å². The molecule has 1 N–H and O–H groups in total. The lowest BCUT2D eigenvalue weighted by molar-refractivity contribution is 0.139. The molecule has 1 unspecified atom stereocenters. The van der Waals surface area contributed by atoms with Gasteiger partial charge in [-0.3, -0.25) is 9.89 Å². The zero-order chi connectivity index (χ0) is 16.1. The number of thiazole rings is 1. The molecule has 8 heteroatoms. The SMILES string of the molecule is CN=C(NCc1nc(C)cs1)N1CCN(CC2CCOC2)CC1.I. The van der Waals surface area contributed by atoms with E-state index in [4.69, 9.17) is 4.74 Å². The molecule has 2 aliphatic heterocycles. The summed E-state index contributed by atoms with van der Waals surface area (Å²) in [6, 6.07) is 0. The van der Waals surface area contributed by atoms with Crippen LogP contribution in [0.4, 0.5) is 0 Å². The smallest absolute Gasteiger partial charge is 0.194 e. The summed E-state index contributed by atoms with van der Waals surface area (Å²) >= 11 is 1.70. The van der Waals surface area contributed by atoms with Crippen molar-refractivity contribution in [2.75, 3.05) is 53.0 Å². The number of guanidine groups is 1. The van der Waals surface area contributed by atoms with Crippen molar-refractivity contribution in [2.45, 2.75) is 19.9 Å². The minimum Gasteiger partial charge on any atom is -0.381 e. The molecule has 3 heterocycles. The minimum absolute atomic E-state index is 0. The third kappa shape index (κ3) is 5.53. The summed E-state index contributed by atoms with van der Waals surface area (Å²) in [7, 11) is 1.86. The summed E-state index contributed by atoms with van der Waals surface area (Å²) in [5.74, 6) is 1.72. The number of nitrogens with zero attached hydrogens (tertiary/aromatic N) is 4. The second kappa shape index (κ2) is 9.88. The highest BCUT2D eigenvalue weighted by atomic mass is 127. The van der Waals surface area contributed by atoms with Crippen LogP contribution in [0.1, 0.15) is 17.1 Å². The molecule has 2 saturated heterocycles. The zero-order valence-electron chi connectivity index (χ0n) is 14.5. The van der Waals surface area contributed by atoms with Crippen molar-refractivity contribution in [3.63, 3.8) is 0 Å². The number of aryl methyl sites for hydroxylation is 1. The first-order chi connectivity index (χ1) is 11.2. The van der Waals surface area contributed by atoms with Crippen molar-refractivity contribution in [1.82, 2.24) is 20.1 Å². The maximum absolute atomic E-state index is 5.48. The molecule has 2 fully saturated rings. The summed E-state index contributed by atoms with van der Waals surface area (Å²) in [4.78, 5) is 13.8. The Morgan fingerprint density at radius 2 is 2.21 bits per heavy atom. The Morgan fingerprint density at radius 3 is 2.79 bits per heavy atom. The topological polar surface area (TPSA) is 53.0 Å². The predicted octanol–water partition coefficient (Wildman–Crippen LogP) is 1.80. The molecule has 1 atom stereocenters. The Balaban J connectivity index is 0.00000208. The number of hydrogen-bond donors (Lipinski definition) is 1. The van der Waals surface area contributed by atoms with E-state index in [1.165, 1.54) is 13.0 Å². The van der Waals surface area contributed by atoms with E-state index in [9.17, 15) is 0 Å². The van der Waals surface area contributed by atoms with Gasteiger partial charge in [-0.15, -0.1) is 35.3 Å². The Hall–Kier alpha value is -0.450. The highest BCUT2D eigenvalue weighted by molar-refractivity contribution is 14.0. The van der Waals surface area contributed by atoms with Gasteiger partial charge in [0.2, 0.25) is 0 Å². The molecule has 2 aliphatic rings. The van der Waals surface area contributed by atoms with E-state index in [-0.39, 0.29) is 24.0 Å². The summed E-state index contributed by atoms with van der Waals surface area (Å²) in [5, 5.41) is 6.64. The average Bonchev–Trinajstić information content (AvgIpc) is 3.21. The molecule has 6 nitrogen and oxygen atoms in total. The number of rotatable bonds is 4. The number of aromatic nitrogens is 1. The number of aliphatic imine (C=N–C) groups is 1. The van der Waals surface area contributed by atoms with Crippen LogP contribution in [-0.4, -0.2) is 73.7 Å². The molecule has 0 amide bonds. The lowest BCUT2D eigenvalue weighted by Crippen LogP contribution is -2.53. The first kappa shape index (κ1) is 19.9. The standard InChI is InChI=1S/C16H27N5OS.HI/c1-13-12-23-15(19-13)9-18-16(17-2)21-6-4-20(5-7-21)10-14-3-8-22-11-14;/h12,14H,3-11H2,1-2H3,(H,17,18);1H. The van der Waals surface area contributed by atoms with Crippen LogP contribution in [0.25, 0.3) is 0 Å². The van der Waals surface area contributed by atoms with Crippen molar-refractivity contribution < 1.29 is 4.74 Å². The van der Waals surface area contributed by atoms with E-state index in [1.807, 2.05) is 14.0 Å². The Morgan fingerprint density at radius 1 is 1.42 bits per heavy atom. The van der Waals surface area contributed by atoms with Gasteiger partial charge in [-0.05, 0) is 19.3 Å². The molecule has 0 radical (unpaired) electrons.